The summed E-state index contributed by atoms with van der Waals surface area (Å²) in [5, 5.41) is 0. The molecule has 0 fully saturated rings. The summed E-state index contributed by atoms with van der Waals surface area (Å²) in [6.45, 7) is 3.91. The smallest absolute Gasteiger partial charge is 0.00202 e. The maximum absolute atomic E-state index is 3.91. The van der Waals surface area contributed by atoms with Gasteiger partial charge < -0.3 is 0 Å². The number of benzene rings is 2. The standard InChI is InChI=1S/C18H18/c1-2-7-16-12-14-8-3-4-9-15(14)13-17-10-5-6-11-18(16)17/h2-6,8-11,16H,1,7,12-13H2. The van der Waals surface area contributed by atoms with Crippen molar-refractivity contribution in [2.45, 2.75) is 25.2 Å². The highest BCUT2D eigenvalue weighted by molar-refractivity contribution is 5.42. The van der Waals surface area contributed by atoms with E-state index in [1.165, 1.54) is 22.3 Å². The first-order chi connectivity index (χ1) is 8.88. The molecule has 1 atom stereocenters. The fourth-order valence-electron chi connectivity index (χ4n) is 3.01. The summed E-state index contributed by atoms with van der Waals surface area (Å²) in [5.74, 6) is 0.586. The first kappa shape index (κ1) is 11.3. The fraction of sp³-hybridized carbons (Fsp3) is 0.222. The molecule has 0 heterocycles. The number of hydrogen-bond donors (Lipinski definition) is 0. The topological polar surface area (TPSA) is 0 Å². The Labute approximate surface area is 109 Å². The maximum Gasteiger partial charge on any atom is -0.00202 e. The molecule has 3 rings (SSSR count). The lowest BCUT2D eigenvalue weighted by Gasteiger charge is -2.15. The molecule has 1 aliphatic carbocycles. The summed E-state index contributed by atoms with van der Waals surface area (Å²) in [4.78, 5) is 0. The molecule has 1 unspecified atom stereocenters. The van der Waals surface area contributed by atoms with Gasteiger partial charge in [-0.15, -0.1) is 6.58 Å². The SMILES string of the molecule is C=CCC1Cc2ccccc2Cc2ccccc21. The van der Waals surface area contributed by atoms with Gasteiger partial charge in [0.15, 0.2) is 0 Å². The van der Waals surface area contributed by atoms with Crippen LogP contribution in [0.3, 0.4) is 0 Å². The third kappa shape index (κ3) is 1.99. The van der Waals surface area contributed by atoms with Crippen LogP contribution in [0.25, 0.3) is 0 Å². The highest BCUT2D eigenvalue weighted by atomic mass is 14.2. The van der Waals surface area contributed by atoms with E-state index in [2.05, 4.69) is 61.2 Å². The molecular weight excluding hydrogens is 216 g/mol. The Morgan fingerprint density at radius 1 is 0.944 bits per heavy atom. The molecule has 0 nitrogen and oxygen atoms in total. The second-order valence-corrected chi connectivity index (χ2v) is 5.07. The summed E-state index contributed by atoms with van der Waals surface area (Å²) < 4.78 is 0. The Hall–Kier alpha value is -1.82. The molecule has 0 saturated carbocycles. The summed E-state index contributed by atoms with van der Waals surface area (Å²) in [5.41, 5.74) is 5.97. The zero-order valence-corrected chi connectivity index (χ0v) is 10.6. The largest absolute Gasteiger partial charge is 0.103 e. The summed E-state index contributed by atoms with van der Waals surface area (Å²) in [6.07, 6.45) is 5.32. The van der Waals surface area contributed by atoms with Crippen LogP contribution in [0.5, 0.6) is 0 Å². The molecule has 2 aromatic rings. The van der Waals surface area contributed by atoms with Gasteiger partial charge in [-0.1, -0.05) is 54.6 Å². The van der Waals surface area contributed by atoms with Crippen molar-refractivity contribution in [3.8, 4) is 0 Å². The van der Waals surface area contributed by atoms with Crippen molar-refractivity contribution >= 4 is 0 Å². The van der Waals surface area contributed by atoms with Gasteiger partial charge in [0, 0.05) is 0 Å². The quantitative estimate of drug-likeness (QED) is 0.671. The average Bonchev–Trinajstić information content (AvgIpc) is 2.56. The monoisotopic (exact) mass is 234 g/mol. The van der Waals surface area contributed by atoms with Crippen molar-refractivity contribution in [2.75, 3.05) is 0 Å². The zero-order chi connectivity index (χ0) is 12.4. The molecule has 0 aliphatic heterocycles. The number of hydrogen-bond acceptors (Lipinski definition) is 0. The van der Waals surface area contributed by atoms with Crippen LogP contribution in [-0.4, -0.2) is 0 Å². The van der Waals surface area contributed by atoms with Gasteiger partial charge in [-0.3, -0.25) is 0 Å². The first-order valence-corrected chi connectivity index (χ1v) is 6.64. The van der Waals surface area contributed by atoms with Crippen LogP contribution >= 0.6 is 0 Å². The van der Waals surface area contributed by atoms with Crippen molar-refractivity contribution in [2.24, 2.45) is 0 Å². The third-order valence-electron chi connectivity index (χ3n) is 3.91. The normalized spacial score (nSPS) is 17.4. The van der Waals surface area contributed by atoms with E-state index in [9.17, 15) is 0 Å². The van der Waals surface area contributed by atoms with Gasteiger partial charge >= 0.3 is 0 Å². The van der Waals surface area contributed by atoms with Crippen LogP contribution < -0.4 is 0 Å². The minimum atomic E-state index is 0.586. The van der Waals surface area contributed by atoms with Gasteiger partial charge in [-0.25, -0.2) is 0 Å². The number of fused-ring (bicyclic) bond motifs is 2. The predicted molar refractivity (Wildman–Crippen MR) is 76.9 cm³/mol. The molecule has 0 radical (unpaired) electrons. The zero-order valence-electron chi connectivity index (χ0n) is 10.6. The van der Waals surface area contributed by atoms with Gasteiger partial charge in [-0.2, -0.15) is 0 Å². The lowest BCUT2D eigenvalue weighted by atomic mass is 9.89. The molecule has 90 valence electrons. The summed E-state index contributed by atoms with van der Waals surface area (Å²) >= 11 is 0. The van der Waals surface area contributed by atoms with E-state index in [0.717, 1.165) is 19.3 Å². The Morgan fingerprint density at radius 3 is 2.39 bits per heavy atom. The summed E-state index contributed by atoms with van der Waals surface area (Å²) in [7, 11) is 0. The molecular formula is C18H18. The first-order valence-electron chi connectivity index (χ1n) is 6.64. The molecule has 0 amide bonds. The minimum absolute atomic E-state index is 0.586. The van der Waals surface area contributed by atoms with Gasteiger partial charge in [0.2, 0.25) is 0 Å². The molecule has 0 heteroatoms. The maximum atomic E-state index is 3.91. The molecule has 2 aromatic carbocycles. The van der Waals surface area contributed by atoms with Gasteiger partial charge in [0.25, 0.3) is 0 Å². The second kappa shape index (κ2) is 4.81. The van der Waals surface area contributed by atoms with E-state index < -0.39 is 0 Å². The summed E-state index contributed by atoms with van der Waals surface area (Å²) in [6, 6.07) is 17.7. The Morgan fingerprint density at radius 2 is 1.61 bits per heavy atom. The Kier molecular flexibility index (Phi) is 3.02. The van der Waals surface area contributed by atoms with Gasteiger partial charge in [0.1, 0.15) is 0 Å². The molecule has 0 aromatic heterocycles. The van der Waals surface area contributed by atoms with E-state index in [4.69, 9.17) is 0 Å². The van der Waals surface area contributed by atoms with Crippen LogP contribution in [0.2, 0.25) is 0 Å². The molecule has 0 saturated heterocycles. The fourth-order valence-corrected chi connectivity index (χ4v) is 3.01. The van der Waals surface area contributed by atoms with Crippen molar-refractivity contribution in [3.63, 3.8) is 0 Å². The number of rotatable bonds is 2. The minimum Gasteiger partial charge on any atom is -0.103 e. The van der Waals surface area contributed by atoms with Crippen LogP contribution in [0, 0.1) is 0 Å². The third-order valence-corrected chi connectivity index (χ3v) is 3.91. The molecule has 1 aliphatic rings. The van der Waals surface area contributed by atoms with E-state index in [1.807, 2.05) is 0 Å². The van der Waals surface area contributed by atoms with Gasteiger partial charge in [-0.05, 0) is 47.4 Å². The Balaban J connectivity index is 2.11. The second-order valence-electron chi connectivity index (χ2n) is 5.07. The Bertz CT molecular complexity index is 566. The lowest BCUT2D eigenvalue weighted by molar-refractivity contribution is 0.698. The van der Waals surface area contributed by atoms with E-state index in [1.54, 1.807) is 0 Å². The van der Waals surface area contributed by atoms with Crippen LogP contribution in [0.4, 0.5) is 0 Å². The average molecular weight is 234 g/mol. The van der Waals surface area contributed by atoms with Crippen LogP contribution in [-0.2, 0) is 12.8 Å². The highest BCUT2D eigenvalue weighted by Gasteiger charge is 2.20. The van der Waals surface area contributed by atoms with Crippen molar-refractivity contribution in [3.05, 3.63) is 83.4 Å². The van der Waals surface area contributed by atoms with Crippen molar-refractivity contribution < 1.29 is 0 Å². The van der Waals surface area contributed by atoms with E-state index >= 15 is 0 Å². The molecule has 0 spiro atoms. The van der Waals surface area contributed by atoms with Gasteiger partial charge in [0.05, 0.1) is 0 Å². The van der Waals surface area contributed by atoms with Crippen molar-refractivity contribution in [1.82, 2.24) is 0 Å². The molecule has 18 heavy (non-hydrogen) atoms. The van der Waals surface area contributed by atoms with Crippen LogP contribution in [0.1, 0.15) is 34.6 Å². The predicted octanol–water partition coefficient (Wildman–Crippen LogP) is 4.49. The molecule has 0 bridgehead atoms. The highest BCUT2D eigenvalue weighted by Crippen LogP contribution is 2.33. The lowest BCUT2D eigenvalue weighted by Crippen LogP contribution is -2.02. The number of allylic oxidation sites excluding steroid dienone is 1. The van der Waals surface area contributed by atoms with Crippen LogP contribution in [0.15, 0.2) is 61.2 Å². The van der Waals surface area contributed by atoms with E-state index in [-0.39, 0.29) is 0 Å². The molecule has 0 N–H and O–H groups in total. The van der Waals surface area contributed by atoms with Crippen molar-refractivity contribution in [1.29, 1.82) is 0 Å². The van der Waals surface area contributed by atoms with E-state index in [0.29, 0.717) is 5.92 Å².